The van der Waals surface area contributed by atoms with Gasteiger partial charge >= 0.3 is 0 Å². The Labute approximate surface area is 452 Å². The zero-order chi connectivity index (χ0) is 53.0. The molecule has 0 aliphatic carbocycles. The quantitative estimate of drug-likeness (QED) is 0.123. The van der Waals surface area contributed by atoms with E-state index in [4.69, 9.17) is 9.72 Å². The number of pyridine rings is 1. The van der Waals surface area contributed by atoms with Crippen molar-refractivity contribution >= 4 is 32.8 Å². The maximum absolute atomic E-state index is 6.93. The first-order chi connectivity index (χ1) is 37.1. The van der Waals surface area contributed by atoms with Crippen LogP contribution in [0, 0.1) is 6.33 Å². The van der Waals surface area contributed by atoms with Gasteiger partial charge in [0.15, 0.2) is 0 Å². The van der Waals surface area contributed by atoms with Crippen LogP contribution in [0.3, 0.4) is 0 Å². The third kappa shape index (κ3) is 8.33. The number of hydrogen-bond acceptors (Lipinski definition) is 2. The average Bonchev–Trinajstić information content (AvgIpc) is 4.23. The highest BCUT2D eigenvalue weighted by Gasteiger charge is 2.29. The lowest BCUT2D eigenvalue weighted by atomic mass is 9.78. The van der Waals surface area contributed by atoms with Crippen LogP contribution in [0.4, 0.5) is 0 Å². The minimum absolute atomic E-state index is 0.0308. The van der Waals surface area contributed by atoms with E-state index >= 15 is 0 Å². The van der Waals surface area contributed by atoms with Gasteiger partial charge in [-0.1, -0.05) is 208 Å². The Hall–Kier alpha value is -8.80. The van der Waals surface area contributed by atoms with Gasteiger partial charge in [0, 0.05) is 23.0 Å². The molecule has 13 rings (SSSR count). The summed E-state index contributed by atoms with van der Waals surface area (Å²) in [5.41, 5.74) is 21.6. The largest absolute Gasteiger partial charge is 0.458 e. The molecule has 0 bridgehead atoms. The van der Waals surface area contributed by atoms with E-state index in [1.165, 1.54) is 49.9 Å². The van der Waals surface area contributed by atoms with E-state index in [0.717, 1.165) is 84.0 Å². The Morgan fingerprint density at radius 2 is 1.01 bits per heavy atom. The number of aromatic nitrogens is 4. The maximum atomic E-state index is 6.93. The van der Waals surface area contributed by atoms with Crippen molar-refractivity contribution in [1.82, 2.24) is 14.1 Å². The van der Waals surface area contributed by atoms with Gasteiger partial charge in [-0.15, -0.1) is 0 Å². The molecule has 1 aliphatic heterocycles. The normalized spacial score (nSPS) is 12.5. The second kappa shape index (κ2) is 17.9. The summed E-state index contributed by atoms with van der Waals surface area (Å²) in [5.74, 6) is 2.34. The molecule has 0 amide bonds. The first-order valence-electron chi connectivity index (χ1n) is 26.9. The lowest BCUT2D eigenvalue weighted by Crippen LogP contribution is -2.32. The number of nitrogens with zero attached hydrogens (tertiary/aromatic N) is 4. The molecular formula is C72H62N4O. The Morgan fingerprint density at radius 1 is 0.403 bits per heavy atom. The van der Waals surface area contributed by atoms with E-state index < -0.39 is 0 Å². The van der Waals surface area contributed by atoms with E-state index in [1.807, 2.05) is 12.3 Å². The highest BCUT2D eigenvalue weighted by molar-refractivity contribution is 6.09. The molecule has 0 fully saturated rings. The van der Waals surface area contributed by atoms with Crippen molar-refractivity contribution in [2.24, 2.45) is 0 Å². The van der Waals surface area contributed by atoms with E-state index in [9.17, 15) is 0 Å². The molecule has 0 N–H and O–H groups in total. The minimum Gasteiger partial charge on any atom is -0.458 e. The van der Waals surface area contributed by atoms with Crippen LogP contribution < -0.4 is 9.30 Å². The summed E-state index contributed by atoms with van der Waals surface area (Å²) in [7, 11) is 0. The van der Waals surface area contributed by atoms with Crippen LogP contribution in [0.2, 0.25) is 0 Å². The van der Waals surface area contributed by atoms with Crippen LogP contribution in [0.15, 0.2) is 212 Å². The Morgan fingerprint density at radius 3 is 1.78 bits per heavy atom. The molecule has 1 aliphatic rings. The van der Waals surface area contributed by atoms with Crippen LogP contribution in [0.25, 0.3) is 106 Å². The van der Waals surface area contributed by atoms with Gasteiger partial charge in [-0.3, -0.25) is 13.7 Å². The molecule has 5 heteroatoms. The molecule has 0 saturated heterocycles. The molecule has 0 unspecified atom stereocenters. The number of rotatable bonds is 6. The summed E-state index contributed by atoms with van der Waals surface area (Å²) >= 11 is 0. The van der Waals surface area contributed by atoms with Gasteiger partial charge in [-0.2, -0.15) is 0 Å². The van der Waals surface area contributed by atoms with Crippen molar-refractivity contribution in [2.45, 2.75) is 78.6 Å². The molecule has 5 nitrogen and oxygen atoms in total. The van der Waals surface area contributed by atoms with Crippen LogP contribution in [-0.2, 0) is 16.2 Å². The second-order valence-corrected chi connectivity index (χ2v) is 23.9. The fourth-order valence-corrected chi connectivity index (χ4v) is 11.5. The lowest BCUT2D eigenvalue weighted by Gasteiger charge is -2.27. The van der Waals surface area contributed by atoms with Gasteiger partial charge in [-0.25, -0.2) is 4.98 Å². The van der Waals surface area contributed by atoms with Crippen LogP contribution in [0.5, 0.6) is 11.5 Å². The average molecular weight is 999 g/mol. The lowest BCUT2D eigenvalue weighted by molar-refractivity contribution is -0.570. The first kappa shape index (κ1) is 47.9. The number of hydrogen-bond donors (Lipinski definition) is 0. The van der Waals surface area contributed by atoms with E-state index in [-0.39, 0.29) is 16.2 Å². The molecule has 9 aromatic carbocycles. The van der Waals surface area contributed by atoms with Gasteiger partial charge < -0.3 is 4.74 Å². The van der Waals surface area contributed by atoms with Gasteiger partial charge in [0.1, 0.15) is 17.3 Å². The first-order valence-corrected chi connectivity index (χ1v) is 26.9. The topological polar surface area (TPSA) is 35.9 Å². The van der Waals surface area contributed by atoms with E-state index in [1.54, 1.807) is 0 Å². The molecule has 0 spiro atoms. The zero-order valence-corrected chi connectivity index (χ0v) is 45.4. The predicted molar refractivity (Wildman–Crippen MR) is 319 cm³/mol. The van der Waals surface area contributed by atoms with E-state index in [2.05, 4.69) is 283 Å². The third-order valence-electron chi connectivity index (χ3n) is 15.6. The van der Waals surface area contributed by atoms with Crippen LogP contribution in [-0.4, -0.2) is 14.1 Å². The summed E-state index contributed by atoms with van der Waals surface area (Å²) in [6, 6.07) is 75.2. The smallest absolute Gasteiger partial charge is 0.269 e. The number of imidazole rings is 1. The number of ether oxygens (including phenoxy) is 1. The Bertz CT molecular complexity index is 4270. The number of fused-ring (bicyclic) bond motifs is 10. The van der Waals surface area contributed by atoms with Crippen LogP contribution >= 0.6 is 0 Å². The second-order valence-electron chi connectivity index (χ2n) is 23.9. The van der Waals surface area contributed by atoms with Crippen molar-refractivity contribution < 1.29 is 9.30 Å². The van der Waals surface area contributed by atoms with E-state index in [0.29, 0.717) is 0 Å². The van der Waals surface area contributed by atoms with Gasteiger partial charge in [0.05, 0.1) is 33.4 Å². The molecular weight excluding hydrogens is 937 g/mol. The maximum Gasteiger partial charge on any atom is 0.269 e. The van der Waals surface area contributed by atoms with Gasteiger partial charge in [0.2, 0.25) is 0 Å². The molecule has 0 atom stereocenters. The van der Waals surface area contributed by atoms with Crippen molar-refractivity contribution in [3.05, 3.63) is 235 Å². The molecule has 77 heavy (non-hydrogen) atoms. The Kier molecular flexibility index (Phi) is 11.1. The number of benzene rings is 9. The van der Waals surface area contributed by atoms with Crippen molar-refractivity contribution in [2.75, 3.05) is 0 Å². The van der Waals surface area contributed by atoms with Crippen molar-refractivity contribution in [3.8, 4) is 84.3 Å². The SMILES string of the molecule is CC(C)(C)c1cc(-c2cccc3c2-[n+]2[c-]n(-c4cccc(Oc5ccc6c7ccccc7n(-c7cc(C(C)(C)C)ccn7)c6c5)c4)c4cccc(c42)-c2ccc(-c4ccccc4)cc2-c2ccccc2-3)cc(C(C)(C)C)c1. The fraction of sp³-hybridized carbons (Fsp3) is 0.167. The third-order valence-corrected chi connectivity index (χ3v) is 15.6. The number of para-hydroxylation sites is 3. The molecule has 376 valence electrons. The summed E-state index contributed by atoms with van der Waals surface area (Å²) in [6.07, 6.45) is 5.96. The molecule has 4 heterocycles. The summed E-state index contributed by atoms with van der Waals surface area (Å²) < 4.78 is 13.8. The zero-order valence-electron chi connectivity index (χ0n) is 45.4. The molecule has 0 radical (unpaired) electrons. The Balaban J connectivity index is 1.03. The highest BCUT2D eigenvalue weighted by atomic mass is 16.5. The predicted octanol–water partition coefficient (Wildman–Crippen LogP) is 18.5. The standard InChI is InChI=1S/C72H62N4O/c1-70(2,3)49-36-37-73-67(42-49)76-64-30-16-15-26-59(64)60-35-33-54(44-66(60)76)77-53-23-17-22-52(43-53)74-45-75-68-55(48-38-50(71(4,5)6)41-51(39-48)72(7,8)9)27-18-28-61(68)56-24-13-14-25-57(56)63-40-47(46-20-11-10-12-21-46)32-34-58(63)62-29-19-31-65(74)69(62)75/h10-44H,1-9H3. The van der Waals surface area contributed by atoms with Gasteiger partial charge in [-0.05, 0) is 143 Å². The molecule has 0 saturated carbocycles. The summed E-state index contributed by atoms with van der Waals surface area (Å²) in [4.78, 5) is 4.93. The molecule has 3 aromatic heterocycles. The van der Waals surface area contributed by atoms with Crippen molar-refractivity contribution in [3.63, 3.8) is 0 Å². The summed E-state index contributed by atoms with van der Waals surface area (Å²) in [6.45, 7) is 20.6. The van der Waals surface area contributed by atoms with Crippen LogP contribution in [0.1, 0.15) is 79.0 Å². The summed E-state index contributed by atoms with van der Waals surface area (Å²) in [5, 5.41) is 2.32. The highest BCUT2D eigenvalue weighted by Crippen LogP contribution is 2.47. The minimum atomic E-state index is -0.0730. The van der Waals surface area contributed by atoms with Gasteiger partial charge in [0.25, 0.3) is 6.33 Å². The fourth-order valence-electron chi connectivity index (χ4n) is 11.5. The monoisotopic (exact) mass is 998 g/mol. The molecule has 12 aromatic rings. The van der Waals surface area contributed by atoms with Crippen molar-refractivity contribution in [1.29, 1.82) is 0 Å².